The molecule has 0 amide bonds. The van der Waals surface area contributed by atoms with Gasteiger partial charge in [0.05, 0.1) is 10.1 Å². The molecule has 0 heterocycles. The van der Waals surface area contributed by atoms with Crippen molar-refractivity contribution in [2.24, 2.45) is 5.73 Å². The number of nitrogens with two attached hydrogens (primary N) is 1. The zero-order chi connectivity index (χ0) is 15.5. The van der Waals surface area contributed by atoms with E-state index >= 15 is 0 Å². The van der Waals surface area contributed by atoms with Crippen LogP contribution in [0, 0.1) is 0 Å². The smallest absolute Gasteiger partial charge is 0.183 e. The quantitative estimate of drug-likeness (QED) is 0.876. The van der Waals surface area contributed by atoms with Gasteiger partial charge in [0.1, 0.15) is 0 Å². The van der Waals surface area contributed by atoms with E-state index in [1.807, 2.05) is 37.3 Å². The van der Waals surface area contributed by atoms with Gasteiger partial charge in [0.25, 0.3) is 0 Å². The number of hydrogen-bond donors (Lipinski definition) is 1. The molecule has 112 valence electrons. The predicted molar refractivity (Wildman–Crippen MR) is 88.8 cm³/mol. The van der Waals surface area contributed by atoms with Crippen LogP contribution in [0.5, 0.6) is 0 Å². The molecule has 5 heteroatoms. The molecule has 2 unspecified atom stereocenters. The highest BCUT2D eigenvalue weighted by atomic mass is 79.9. The van der Waals surface area contributed by atoms with Gasteiger partial charge in [-0.25, -0.2) is 8.42 Å². The SMILES string of the molecule is CCC(C(N)c1ccccc1)S(=O)(=O)c1cccc(Br)c1. The van der Waals surface area contributed by atoms with Gasteiger partial charge >= 0.3 is 0 Å². The molecule has 0 fully saturated rings. The van der Waals surface area contributed by atoms with Gasteiger partial charge in [0, 0.05) is 10.5 Å². The molecule has 0 aliphatic rings. The molecule has 0 aromatic heterocycles. The number of rotatable bonds is 5. The summed E-state index contributed by atoms with van der Waals surface area (Å²) in [6.07, 6.45) is 0.463. The van der Waals surface area contributed by atoms with Crippen LogP contribution in [-0.4, -0.2) is 13.7 Å². The lowest BCUT2D eigenvalue weighted by Crippen LogP contribution is -2.33. The highest BCUT2D eigenvalue weighted by Crippen LogP contribution is 2.28. The highest BCUT2D eigenvalue weighted by Gasteiger charge is 2.32. The van der Waals surface area contributed by atoms with Gasteiger partial charge < -0.3 is 5.73 Å². The second-order valence-corrected chi connectivity index (χ2v) is 7.97. The third-order valence-corrected chi connectivity index (χ3v) is 6.34. The van der Waals surface area contributed by atoms with E-state index in [4.69, 9.17) is 5.73 Å². The Balaban J connectivity index is 2.41. The normalized spacial score (nSPS) is 14.6. The maximum absolute atomic E-state index is 12.8. The van der Waals surface area contributed by atoms with Crippen molar-refractivity contribution in [3.63, 3.8) is 0 Å². The number of benzene rings is 2. The van der Waals surface area contributed by atoms with E-state index in [0.717, 1.165) is 10.0 Å². The first-order chi connectivity index (χ1) is 9.96. The van der Waals surface area contributed by atoms with Gasteiger partial charge in [-0.3, -0.25) is 0 Å². The largest absolute Gasteiger partial charge is 0.323 e. The molecule has 2 N–H and O–H groups in total. The molecule has 0 saturated heterocycles. The van der Waals surface area contributed by atoms with Crippen molar-refractivity contribution in [2.45, 2.75) is 29.5 Å². The van der Waals surface area contributed by atoms with E-state index in [1.54, 1.807) is 24.3 Å². The highest BCUT2D eigenvalue weighted by molar-refractivity contribution is 9.10. The molecule has 3 nitrogen and oxygen atoms in total. The molecule has 0 bridgehead atoms. The summed E-state index contributed by atoms with van der Waals surface area (Å²) in [5.74, 6) is 0. The van der Waals surface area contributed by atoms with E-state index in [1.165, 1.54) is 0 Å². The maximum atomic E-state index is 12.8. The van der Waals surface area contributed by atoms with Crippen LogP contribution in [0.3, 0.4) is 0 Å². The number of hydrogen-bond acceptors (Lipinski definition) is 3. The van der Waals surface area contributed by atoms with Crippen molar-refractivity contribution in [3.8, 4) is 0 Å². The summed E-state index contributed by atoms with van der Waals surface area (Å²) in [4.78, 5) is 0.301. The Bertz CT molecular complexity index is 701. The summed E-state index contributed by atoms with van der Waals surface area (Å²) >= 11 is 3.31. The Morgan fingerprint density at radius 2 is 1.76 bits per heavy atom. The summed E-state index contributed by atoms with van der Waals surface area (Å²) in [6.45, 7) is 1.85. The monoisotopic (exact) mass is 367 g/mol. The average molecular weight is 368 g/mol. The lowest BCUT2D eigenvalue weighted by atomic mass is 10.0. The van der Waals surface area contributed by atoms with Crippen molar-refractivity contribution >= 4 is 25.8 Å². The fourth-order valence-electron chi connectivity index (χ4n) is 2.38. The summed E-state index contributed by atoms with van der Waals surface area (Å²) in [5.41, 5.74) is 7.06. The molecule has 0 saturated carbocycles. The van der Waals surface area contributed by atoms with Crippen LogP contribution in [0.4, 0.5) is 0 Å². The Morgan fingerprint density at radius 1 is 1.10 bits per heavy atom. The minimum Gasteiger partial charge on any atom is -0.323 e. The number of halogens is 1. The third-order valence-electron chi connectivity index (χ3n) is 3.51. The van der Waals surface area contributed by atoms with E-state index in [9.17, 15) is 8.42 Å². The molecular formula is C16H18BrNO2S. The number of sulfone groups is 1. The molecule has 0 aliphatic heterocycles. The van der Waals surface area contributed by atoms with Crippen molar-refractivity contribution in [3.05, 3.63) is 64.6 Å². The summed E-state index contributed by atoms with van der Waals surface area (Å²) in [7, 11) is -3.48. The fraction of sp³-hybridized carbons (Fsp3) is 0.250. The topological polar surface area (TPSA) is 60.2 Å². The molecular weight excluding hydrogens is 350 g/mol. The van der Waals surface area contributed by atoms with Crippen LogP contribution in [0.15, 0.2) is 64.0 Å². The zero-order valence-corrected chi connectivity index (χ0v) is 14.1. The Morgan fingerprint density at radius 3 is 2.33 bits per heavy atom. The van der Waals surface area contributed by atoms with Crippen LogP contribution < -0.4 is 5.73 Å². The summed E-state index contributed by atoms with van der Waals surface area (Å²) in [6, 6.07) is 15.6. The first-order valence-electron chi connectivity index (χ1n) is 6.76. The maximum Gasteiger partial charge on any atom is 0.183 e. The van der Waals surface area contributed by atoms with Crippen LogP contribution >= 0.6 is 15.9 Å². The van der Waals surface area contributed by atoms with Crippen LogP contribution in [0.25, 0.3) is 0 Å². The fourth-order valence-corrected chi connectivity index (χ4v) is 4.82. The molecule has 2 aromatic rings. The van der Waals surface area contributed by atoms with Gasteiger partial charge in [0.15, 0.2) is 9.84 Å². The summed E-state index contributed by atoms with van der Waals surface area (Å²) in [5, 5.41) is -0.644. The van der Waals surface area contributed by atoms with E-state index in [-0.39, 0.29) is 0 Å². The van der Waals surface area contributed by atoms with Gasteiger partial charge in [-0.05, 0) is 30.2 Å². The Hall–Kier alpha value is -1.17. The molecule has 2 atom stereocenters. The van der Waals surface area contributed by atoms with Crippen molar-refractivity contribution in [1.29, 1.82) is 0 Å². The van der Waals surface area contributed by atoms with Gasteiger partial charge in [-0.1, -0.05) is 59.3 Å². The van der Waals surface area contributed by atoms with Crippen LogP contribution in [0.1, 0.15) is 24.9 Å². The Kier molecular flexibility index (Phi) is 5.19. The molecule has 2 aromatic carbocycles. The standard InChI is InChI=1S/C16H18BrNO2S/c1-2-15(16(18)12-7-4-3-5-8-12)21(19,20)14-10-6-9-13(17)11-14/h3-11,15-16H,2,18H2,1H3. The third kappa shape index (κ3) is 3.54. The lowest BCUT2D eigenvalue weighted by Gasteiger charge is -2.23. The van der Waals surface area contributed by atoms with Crippen molar-refractivity contribution in [1.82, 2.24) is 0 Å². The molecule has 0 aliphatic carbocycles. The second kappa shape index (κ2) is 6.73. The molecule has 21 heavy (non-hydrogen) atoms. The van der Waals surface area contributed by atoms with Crippen molar-refractivity contribution in [2.75, 3.05) is 0 Å². The Labute approximate surface area is 134 Å². The second-order valence-electron chi connectivity index (χ2n) is 4.89. The summed E-state index contributed by atoms with van der Waals surface area (Å²) < 4.78 is 26.4. The first-order valence-corrected chi connectivity index (χ1v) is 9.10. The van der Waals surface area contributed by atoms with Crippen LogP contribution in [0.2, 0.25) is 0 Å². The van der Waals surface area contributed by atoms with Crippen LogP contribution in [-0.2, 0) is 9.84 Å². The molecule has 0 radical (unpaired) electrons. The molecule has 2 rings (SSSR count). The van der Waals surface area contributed by atoms with Gasteiger partial charge in [-0.15, -0.1) is 0 Å². The van der Waals surface area contributed by atoms with E-state index < -0.39 is 21.1 Å². The zero-order valence-electron chi connectivity index (χ0n) is 11.7. The minimum absolute atomic E-state index is 0.301. The predicted octanol–water partition coefficient (Wildman–Crippen LogP) is 3.70. The van der Waals surface area contributed by atoms with Gasteiger partial charge in [-0.2, -0.15) is 0 Å². The van der Waals surface area contributed by atoms with Gasteiger partial charge in [0.2, 0.25) is 0 Å². The molecule has 0 spiro atoms. The van der Waals surface area contributed by atoms with E-state index in [0.29, 0.717) is 11.3 Å². The lowest BCUT2D eigenvalue weighted by molar-refractivity contribution is 0.547. The minimum atomic E-state index is -3.48. The van der Waals surface area contributed by atoms with E-state index in [2.05, 4.69) is 15.9 Å². The van der Waals surface area contributed by atoms with Crippen molar-refractivity contribution < 1.29 is 8.42 Å². The first kappa shape index (κ1) is 16.2. The average Bonchev–Trinajstić information content (AvgIpc) is 2.48.